The third-order valence-corrected chi connectivity index (χ3v) is 7.64. The molecule has 8 heteroatoms. The first-order valence-corrected chi connectivity index (χ1v) is 10.2. The van der Waals surface area contributed by atoms with Crippen LogP contribution in [0.5, 0.6) is 0 Å². The lowest BCUT2D eigenvalue weighted by Gasteiger charge is -2.35. The van der Waals surface area contributed by atoms with E-state index in [-0.39, 0.29) is 0 Å². The quantitative estimate of drug-likeness (QED) is 0.845. The highest BCUT2D eigenvalue weighted by Crippen LogP contribution is 2.29. The highest BCUT2D eigenvalue weighted by Gasteiger charge is 2.34. The minimum atomic E-state index is -3.27. The standard InChI is InChI=1S/C15H20N4O2S2/c20-23(21,18-7-3-4-8-18)19-11-9-17(10-12-19)15-16-13-5-1-2-6-14(13)22-15/h1-2,5-6H,3-4,7-12H2. The molecule has 0 N–H and O–H groups in total. The predicted molar refractivity (Wildman–Crippen MR) is 93.1 cm³/mol. The summed E-state index contributed by atoms with van der Waals surface area (Å²) in [5.41, 5.74) is 1.01. The van der Waals surface area contributed by atoms with Gasteiger partial charge in [-0.1, -0.05) is 23.5 Å². The summed E-state index contributed by atoms with van der Waals surface area (Å²) in [6.45, 7) is 3.81. The van der Waals surface area contributed by atoms with E-state index in [1.807, 2.05) is 18.2 Å². The van der Waals surface area contributed by atoms with Gasteiger partial charge in [-0.2, -0.15) is 17.0 Å². The van der Waals surface area contributed by atoms with E-state index >= 15 is 0 Å². The van der Waals surface area contributed by atoms with Gasteiger partial charge in [-0.05, 0) is 25.0 Å². The summed E-state index contributed by atoms with van der Waals surface area (Å²) in [6.07, 6.45) is 1.95. The zero-order chi connectivity index (χ0) is 15.9. The fourth-order valence-corrected chi connectivity index (χ4v) is 5.88. The fraction of sp³-hybridized carbons (Fsp3) is 0.533. The monoisotopic (exact) mass is 352 g/mol. The third kappa shape index (κ3) is 2.84. The Morgan fingerprint density at radius 3 is 2.26 bits per heavy atom. The van der Waals surface area contributed by atoms with Crippen LogP contribution in [0.4, 0.5) is 5.13 Å². The second kappa shape index (κ2) is 6.01. The van der Waals surface area contributed by atoms with Crippen LogP contribution in [0.3, 0.4) is 0 Å². The van der Waals surface area contributed by atoms with Crippen molar-refractivity contribution in [2.75, 3.05) is 44.2 Å². The van der Waals surface area contributed by atoms with Gasteiger partial charge in [0.15, 0.2) is 5.13 Å². The molecule has 2 saturated heterocycles. The molecule has 0 spiro atoms. The van der Waals surface area contributed by atoms with Crippen LogP contribution in [-0.2, 0) is 10.2 Å². The molecule has 0 amide bonds. The maximum absolute atomic E-state index is 12.6. The molecule has 2 aromatic rings. The molecule has 23 heavy (non-hydrogen) atoms. The number of thiazole rings is 1. The van der Waals surface area contributed by atoms with Crippen LogP contribution in [0.1, 0.15) is 12.8 Å². The fourth-order valence-electron chi connectivity index (χ4n) is 3.19. The summed E-state index contributed by atoms with van der Waals surface area (Å²) < 4.78 is 29.6. The molecule has 0 unspecified atom stereocenters. The smallest absolute Gasteiger partial charge is 0.282 e. The molecular weight excluding hydrogens is 332 g/mol. The summed E-state index contributed by atoms with van der Waals surface area (Å²) >= 11 is 1.67. The van der Waals surface area contributed by atoms with Gasteiger partial charge in [-0.15, -0.1) is 0 Å². The summed E-state index contributed by atoms with van der Waals surface area (Å²) in [6, 6.07) is 8.10. The maximum atomic E-state index is 12.6. The number of hydrogen-bond acceptors (Lipinski definition) is 5. The first-order valence-electron chi connectivity index (χ1n) is 8.00. The highest BCUT2D eigenvalue weighted by molar-refractivity contribution is 7.86. The van der Waals surface area contributed by atoms with Crippen LogP contribution in [-0.4, -0.2) is 61.3 Å². The van der Waals surface area contributed by atoms with Gasteiger partial charge >= 0.3 is 0 Å². The van der Waals surface area contributed by atoms with Crippen molar-refractivity contribution in [2.45, 2.75) is 12.8 Å². The van der Waals surface area contributed by atoms with Crippen molar-refractivity contribution < 1.29 is 8.42 Å². The first-order chi connectivity index (χ1) is 11.1. The molecular formula is C15H20N4O2S2. The normalized spacial score (nSPS) is 21.3. The van der Waals surface area contributed by atoms with Gasteiger partial charge in [0.25, 0.3) is 10.2 Å². The molecule has 0 radical (unpaired) electrons. The van der Waals surface area contributed by atoms with Crippen LogP contribution < -0.4 is 4.90 Å². The SMILES string of the molecule is O=S(=O)(N1CCCC1)N1CCN(c2nc3ccccc3s2)CC1. The largest absolute Gasteiger partial charge is 0.345 e. The lowest BCUT2D eigenvalue weighted by molar-refractivity contribution is 0.343. The van der Waals surface area contributed by atoms with Crippen molar-refractivity contribution in [1.82, 2.24) is 13.6 Å². The second-order valence-electron chi connectivity index (χ2n) is 5.96. The molecule has 2 aliphatic heterocycles. The molecule has 1 aromatic carbocycles. The average Bonchev–Trinajstić information content (AvgIpc) is 3.24. The molecule has 124 valence electrons. The summed E-state index contributed by atoms with van der Waals surface area (Å²) in [5.74, 6) is 0. The Labute approximate surface area is 140 Å². The van der Waals surface area contributed by atoms with Crippen molar-refractivity contribution in [3.05, 3.63) is 24.3 Å². The number of nitrogens with zero attached hydrogens (tertiary/aromatic N) is 4. The Kier molecular flexibility index (Phi) is 4.00. The number of piperazine rings is 1. The molecule has 0 saturated carbocycles. The Morgan fingerprint density at radius 2 is 1.57 bits per heavy atom. The number of rotatable bonds is 3. The van der Waals surface area contributed by atoms with Crippen LogP contribution in [0.25, 0.3) is 10.2 Å². The molecule has 0 aliphatic carbocycles. The number of anilines is 1. The summed E-state index contributed by atoms with van der Waals surface area (Å²) in [5, 5.41) is 0.990. The molecule has 2 fully saturated rings. The van der Waals surface area contributed by atoms with Gasteiger partial charge in [-0.3, -0.25) is 0 Å². The van der Waals surface area contributed by atoms with E-state index in [1.54, 1.807) is 19.9 Å². The van der Waals surface area contributed by atoms with Gasteiger partial charge in [0, 0.05) is 39.3 Å². The molecule has 0 atom stereocenters. The number of hydrogen-bond donors (Lipinski definition) is 0. The molecule has 4 rings (SSSR count). The van der Waals surface area contributed by atoms with E-state index in [9.17, 15) is 8.42 Å². The number of fused-ring (bicyclic) bond motifs is 1. The lowest BCUT2D eigenvalue weighted by atomic mass is 10.3. The molecule has 3 heterocycles. The zero-order valence-electron chi connectivity index (χ0n) is 12.9. The van der Waals surface area contributed by atoms with Crippen LogP contribution >= 0.6 is 11.3 Å². The topological polar surface area (TPSA) is 56.8 Å². The number of aromatic nitrogens is 1. The minimum Gasteiger partial charge on any atom is -0.345 e. The number of benzene rings is 1. The zero-order valence-corrected chi connectivity index (χ0v) is 14.5. The van der Waals surface area contributed by atoms with E-state index in [1.165, 1.54) is 4.70 Å². The van der Waals surface area contributed by atoms with Crippen molar-refractivity contribution in [3.63, 3.8) is 0 Å². The molecule has 0 bridgehead atoms. The maximum Gasteiger partial charge on any atom is 0.282 e. The van der Waals surface area contributed by atoms with Crippen LogP contribution in [0.15, 0.2) is 24.3 Å². The van der Waals surface area contributed by atoms with Crippen molar-refractivity contribution >= 4 is 36.9 Å². The minimum absolute atomic E-state index is 0.536. The van der Waals surface area contributed by atoms with Crippen molar-refractivity contribution in [3.8, 4) is 0 Å². The Bertz CT molecular complexity index is 758. The van der Waals surface area contributed by atoms with Crippen LogP contribution in [0.2, 0.25) is 0 Å². The van der Waals surface area contributed by atoms with E-state index < -0.39 is 10.2 Å². The van der Waals surface area contributed by atoms with Crippen molar-refractivity contribution in [1.29, 1.82) is 0 Å². The molecule has 6 nitrogen and oxygen atoms in total. The van der Waals surface area contributed by atoms with Crippen LogP contribution in [0, 0.1) is 0 Å². The summed E-state index contributed by atoms with van der Waals surface area (Å²) in [4.78, 5) is 6.86. The Morgan fingerprint density at radius 1 is 0.913 bits per heavy atom. The van der Waals surface area contributed by atoms with E-state index in [2.05, 4.69) is 16.0 Å². The van der Waals surface area contributed by atoms with Gasteiger partial charge in [0.2, 0.25) is 0 Å². The van der Waals surface area contributed by atoms with E-state index in [0.29, 0.717) is 39.3 Å². The van der Waals surface area contributed by atoms with E-state index in [4.69, 9.17) is 0 Å². The summed E-state index contributed by atoms with van der Waals surface area (Å²) in [7, 11) is -3.27. The van der Waals surface area contributed by atoms with E-state index in [0.717, 1.165) is 23.5 Å². The first kappa shape index (κ1) is 15.3. The average molecular weight is 352 g/mol. The Hall–Kier alpha value is -1.22. The van der Waals surface area contributed by atoms with Crippen molar-refractivity contribution in [2.24, 2.45) is 0 Å². The third-order valence-electron chi connectivity index (χ3n) is 4.51. The lowest BCUT2D eigenvalue weighted by Crippen LogP contribution is -2.52. The van der Waals surface area contributed by atoms with Gasteiger partial charge in [0.1, 0.15) is 0 Å². The predicted octanol–water partition coefficient (Wildman–Crippen LogP) is 1.76. The van der Waals surface area contributed by atoms with Gasteiger partial charge in [-0.25, -0.2) is 4.98 Å². The molecule has 2 aliphatic rings. The van der Waals surface area contributed by atoms with Gasteiger partial charge in [0.05, 0.1) is 10.2 Å². The van der Waals surface area contributed by atoms with Gasteiger partial charge < -0.3 is 4.90 Å². The Balaban J connectivity index is 1.46. The second-order valence-corrected chi connectivity index (χ2v) is 8.90. The molecule has 1 aromatic heterocycles. The highest BCUT2D eigenvalue weighted by atomic mass is 32.2. The number of para-hydroxylation sites is 1.